The van der Waals surface area contributed by atoms with E-state index in [0.29, 0.717) is 22.4 Å². The van der Waals surface area contributed by atoms with Crippen LogP contribution in [0.1, 0.15) is 27.0 Å². The topological polar surface area (TPSA) is 86.6 Å². The number of aliphatic carboxylic acids is 1. The number of benzene rings is 3. The van der Waals surface area contributed by atoms with Crippen molar-refractivity contribution in [3.63, 3.8) is 0 Å². The highest BCUT2D eigenvalue weighted by atomic mass is 16.4. The third-order valence-electron chi connectivity index (χ3n) is 4.58. The average molecular weight is 387 g/mol. The molecule has 0 aromatic heterocycles. The van der Waals surface area contributed by atoms with Gasteiger partial charge in [0, 0.05) is 17.7 Å². The molecule has 3 aromatic carbocycles. The molecule has 0 spiro atoms. The van der Waals surface area contributed by atoms with Gasteiger partial charge in [0.05, 0.1) is 5.56 Å². The van der Waals surface area contributed by atoms with Gasteiger partial charge in [-0.15, -0.1) is 0 Å². The SMILES string of the molecule is C=Cc1cccc(NC(Cc2ccc(O)cc2)C(=O)O)c1C(=O)c1ccccc1. The maximum Gasteiger partial charge on any atom is 0.326 e. The number of anilines is 1. The first kappa shape index (κ1) is 19.9. The minimum absolute atomic E-state index is 0.114. The van der Waals surface area contributed by atoms with Crippen molar-refractivity contribution in [2.45, 2.75) is 12.5 Å². The summed E-state index contributed by atoms with van der Waals surface area (Å²) >= 11 is 0. The first-order valence-electron chi connectivity index (χ1n) is 9.12. The number of hydrogen-bond acceptors (Lipinski definition) is 4. The monoisotopic (exact) mass is 387 g/mol. The van der Waals surface area contributed by atoms with E-state index in [1.807, 2.05) is 6.07 Å². The standard InChI is InChI=1S/C24H21NO4/c1-2-17-9-6-10-20(22(17)23(27)18-7-4-3-5-8-18)25-21(24(28)29)15-16-11-13-19(26)14-12-16/h2-14,21,25-26H,1,15H2,(H,28,29). The second-order valence-electron chi connectivity index (χ2n) is 6.57. The number of phenolic OH excluding ortho intramolecular Hbond substituents is 1. The maximum absolute atomic E-state index is 13.1. The van der Waals surface area contributed by atoms with Crippen molar-refractivity contribution >= 4 is 23.5 Å². The molecule has 1 atom stereocenters. The van der Waals surface area contributed by atoms with Gasteiger partial charge in [-0.25, -0.2) is 4.79 Å². The van der Waals surface area contributed by atoms with Crippen molar-refractivity contribution in [1.29, 1.82) is 0 Å². The highest BCUT2D eigenvalue weighted by Gasteiger charge is 2.23. The number of carbonyl (C=O) groups is 2. The van der Waals surface area contributed by atoms with Crippen LogP contribution in [-0.2, 0) is 11.2 Å². The first-order chi connectivity index (χ1) is 14.0. The number of phenols is 1. The van der Waals surface area contributed by atoms with Gasteiger partial charge in [-0.1, -0.05) is 67.3 Å². The molecule has 0 radical (unpaired) electrons. The number of hydrogen-bond donors (Lipinski definition) is 3. The predicted molar refractivity (Wildman–Crippen MR) is 113 cm³/mol. The number of nitrogens with one attached hydrogen (secondary N) is 1. The van der Waals surface area contributed by atoms with Crippen LogP contribution in [0.15, 0.2) is 79.4 Å². The molecular weight excluding hydrogens is 366 g/mol. The summed E-state index contributed by atoms with van der Waals surface area (Å²) in [6.45, 7) is 3.78. The van der Waals surface area contributed by atoms with Gasteiger partial charge in [0.15, 0.2) is 5.78 Å². The first-order valence-corrected chi connectivity index (χ1v) is 9.12. The van der Waals surface area contributed by atoms with Crippen molar-refractivity contribution in [1.82, 2.24) is 0 Å². The van der Waals surface area contributed by atoms with Crippen LogP contribution in [0.5, 0.6) is 5.75 Å². The Bertz CT molecular complexity index is 1030. The van der Waals surface area contributed by atoms with Crippen molar-refractivity contribution in [3.8, 4) is 5.75 Å². The van der Waals surface area contributed by atoms with Gasteiger partial charge in [0.25, 0.3) is 0 Å². The zero-order chi connectivity index (χ0) is 20.8. The van der Waals surface area contributed by atoms with E-state index in [0.717, 1.165) is 5.56 Å². The van der Waals surface area contributed by atoms with E-state index in [-0.39, 0.29) is 18.0 Å². The molecule has 5 nitrogen and oxygen atoms in total. The van der Waals surface area contributed by atoms with Crippen LogP contribution in [0.2, 0.25) is 0 Å². The van der Waals surface area contributed by atoms with E-state index in [2.05, 4.69) is 11.9 Å². The molecule has 0 bridgehead atoms. The predicted octanol–water partition coefficient (Wildman–Crippen LogP) is 4.37. The van der Waals surface area contributed by atoms with Gasteiger partial charge < -0.3 is 15.5 Å². The van der Waals surface area contributed by atoms with Crippen LogP contribution >= 0.6 is 0 Å². The molecule has 0 aliphatic rings. The Morgan fingerprint density at radius 1 is 0.966 bits per heavy atom. The normalized spacial score (nSPS) is 11.4. The third-order valence-corrected chi connectivity index (χ3v) is 4.58. The lowest BCUT2D eigenvalue weighted by Crippen LogP contribution is -2.32. The zero-order valence-corrected chi connectivity index (χ0v) is 15.7. The van der Waals surface area contributed by atoms with E-state index in [1.54, 1.807) is 60.7 Å². The molecule has 0 saturated heterocycles. The highest BCUT2D eigenvalue weighted by molar-refractivity contribution is 6.14. The molecule has 0 fully saturated rings. The molecular formula is C24H21NO4. The van der Waals surface area contributed by atoms with Crippen molar-refractivity contribution in [2.24, 2.45) is 0 Å². The summed E-state index contributed by atoms with van der Waals surface area (Å²) < 4.78 is 0. The molecule has 3 aromatic rings. The molecule has 0 aliphatic carbocycles. The molecule has 5 heteroatoms. The minimum atomic E-state index is -1.04. The second kappa shape index (κ2) is 8.89. The van der Waals surface area contributed by atoms with Crippen LogP contribution in [0.4, 0.5) is 5.69 Å². The summed E-state index contributed by atoms with van der Waals surface area (Å²) in [6.07, 6.45) is 1.77. The van der Waals surface area contributed by atoms with Gasteiger partial charge in [0.2, 0.25) is 0 Å². The Kier molecular flexibility index (Phi) is 6.09. The fourth-order valence-electron chi connectivity index (χ4n) is 3.10. The third kappa shape index (κ3) is 4.71. The van der Waals surface area contributed by atoms with Crippen molar-refractivity contribution in [2.75, 3.05) is 5.32 Å². The van der Waals surface area contributed by atoms with Gasteiger partial charge in [-0.2, -0.15) is 0 Å². The largest absolute Gasteiger partial charge is 0.508 e. The Morgan fingerprint density at radius 3 is 2.28 bits per heavy atom. The van der Waals surface area contributed by atoms with Crippen LogP contribution in [0.3, 0.4) is 0 Å². The van der Waals surface area contributed by atoms with Crippen LogP contribution < -0.4 is 5.32 Å². The molecule has 1 unspecified atom stereocenters. The second-order valence-corrected chi connectivity index (χ2v) is 6.57. The number of rotatable bonds is 8. The Balaban J connectivity index is 1.96. The van der Waals surface area contributed by atoms with Crippen LogP contribution in [0.25, 0.3) is 6.08 Å². The summed E-state index contributed by atoms with van der Waals surface area (Å²) in [4.78, 5) is 25.0. The lowest BCUT2D eigenvalue weighted by molar-refractivity contribution is -0.137. The number of carboxylic acids is 1. The molecule has 3 N–H and O–H groups in total. The summed E-state index contributed by atoms with van der Waals surface area (Å²) in [5.74, 6) is -1.14. The maximum atomic E-state index is 13.1. The summed E-state index contributed by atoms with van der Waals surface area (Å²) in [7, 11) is 0. The van der Waals surface area contributed by atoms with E-state index in [1.165, 1.54) is 12.1 Å². The van der Waals surface area contributed by atoms with Gasteiger partial charge in [0.1, 0.15) is 11.8 Å². The van der Waals surface area contributed by atoms with E-state index >= 15 is 0 Å². The molecule has 146 valence electrons. The van der Waals surface area contributed by atoms with E-state index in [4.69, 9.17) is 0 Å². The summed E-state index contributed by atoms with van der Waals surface area (Å²) in [5, 5.41) is 22.1. The molecule has 0 heterocycles. The van der Waals surface area contributed by atoms with Gasteiger partial charge >= 0.3 is 5.97 Å². The number of ketones is 1. The van der Waals surface area contributed by atoms with Gasteiger partial charge in [-0.3, -0.25) is 4.79 Å². The fourth-order valence-corrected chi connectivity index (χ4v) is 3.10. The van der Waals surface area contributed by atoms with E-state index < -0.39 is 12.0 Å². The van der Waals surface area contributed by atoms with E-state index in [9.17, 15) is 19.8 Å². The highest BCUT2D eigenvalue weighted by Crippen LogP contribution is 2.26. The van der Waals surface area contributed by atoms with Crippen molar-refractivity contribution in [3.05, 3.63) is 102 Å². The Hall–Kier alpha value is -3.86. The Labute approximate surface area is 169 Å². The zero-order valence-electron chi connectivity index (χ0n) is 15.7. The molecule has 29 heavy (non-hydrogen) atoms. The van der Waals surface area contributed by atoms with Gasteiger partial charge in [-0.05, 0) is 29.3 Å². The molecule has 3 rings (SSSR count). The lowest BCUT2D eigenvalue weighted by atomic mass is 9.95. The molecule has 0 aliphatic heterocycles. The number of carbonyl (C=O) groups excluding carboxylic acids is 1. The summed E-state index contributed by atoms with van der Waals surface area (Å²) in [5.41, 5.74) is 2.69. The average Bonchev–Trinajstić information content (AvgIpc) is 2.74. The molecule has 0 saturated carbocycles. The number of carboxylic acid groups (broad SMARTS) is 1. The lowest BCUT2D eigenvalue weighted by Gasteiger charge is -2.19. The van der Waals surface area contributed by atoms with Crippen LogP contribution in [-0.4, -0.2) is 28.0 Å². The summed E-state index contributed by atoms with van der Waals surface area (Å²) in [6, 6.07) is 19.4. The quantitative estimate of drug-likeness (QED) is 0.500. The van der Waals surface area contributed by atoms with Crippen molar-refractivity contribution < 1.29 is 19.8 Å². The smallest absolute Gasteiger partial charge is 0.326 e. The minimum Gasteiger partial charge on any atom is -0.508 e. The van der Waals surface area contributed by atoms with Crippen LogP contribution in [0, 0.1) is 0 Å². The number of aromatic hydroxyl groups is 1. The fraction of sp³-hybridized carbons (Fsp3) is 0.0833. The molecule has 0 amide bonds. The Morgan fingerprint density at radius 2 is 1.66 bits per heavy atom.